The quantitative estimate of drug-likeness (QED) is 0.343. The lowest BCUT2D eigenvalue weighted by Gasteiger charge is -1.95. The van der Waals surface area contributed by atoms with E-state index in [4.69, 9.17) is 0 Å². The molecular formula is C8H10N3O4P. The Bertz CT molecular complexity index is 440. The van der Waals surface area contributed by atoms with Gasteiger partial charge in [-0.15, -0.1) is 0 Å². The number of esters is 1. The van der Waals surface area contributed by atoms with Gasteiger partial charge in [-0.05, 0) is 18.5 Å². The first-order valence-electron chi connectivity index (χ1n) is 4.70. The number of carbonyl (C=O) groups is 1. The number of methoxy groups -OCH3 is 1. The molecule has 0 aliphatic heterocycles. The molecule has 0 bridgehead atoms. The normalized spacial score (nSPS) is 15.6. The van der Waals surface area contributed by atoms with E-state index >= 15 is 0 Å². The second kappa shape index (κ2) is 4.17. The van der Waals surface area contributed by atoms with E-state index in [-0.39, 0.29) is 11.4 Å². The zero-order valence-electron chi connectivity index (χ0n) is 8.54. The average Bonchev–Trinajstić information content (AvgIpc) is 2.94. The molecule has 1 heterocycles. The van der Waals surface area contributed by atoms with E-state index in [0.717, 1.165) is 12.8 Å². The first kappa shape index (κ1) is 11.0. The molecule has 86 valence electrons. The summed E-state index contributed by atoms with van der Waals surface area (Å²) < 4.78 is 5.92. The van der Waals surface area contributed by atoms with Crippen molar-refractivity contribution in [2.75, 3.05) is 7.11 Å². The van der Waals surface area contributed by atoms with Gasteiger partial charge >= 0.3 is 11.7 Å². The number of aromatic nitrogens is 2. The van der Waals surface area contributed by atoms with Crippen molar-refractivity contribution in [1.29, 1.82) is 0 Å². The lowest BCUT2D eigenvalue weighted by molar-refractivity contribution is -0.385. The van der Waals surface area contributed by atoms with E-state index in [2.05, 4.69) is 9.84 Å². The zero-order valence-corrected chi connectivity index (χ0v) is 9.54. The standard InChI is InChI=1S/C8H10N3O4P/c1-15-8(12)7-6(11(13)14)4-10(9-7)16-5-2-3-5/h4-5,16H,2-3H2,1H3. The fourth-order valence-electron chi connectivity index (χ4n) is 1.21. The molecule has 16 heavy (non-hydrogen) atoms. The van der Waals surface area contributed by atoms with Crippen LogP contribution in [-0.2, 0) is 4.74 Å². The first-order chi connectivity index (χ1) is 7.61. The molecule has 1 unspecified atom stereocenters. The van der Waals surface area contributed by atoms with Gasteiger partial charge in [-0.2, -0.15) is 5.10 Å². The largest absolute Gasteiger partial charge is 0.464 e. The van der Waals surface area contributed by atoms with Crippen LogP contribution < -0.4 is 0 Å². The molecule has 1 aliphatic carbocycles. The Morgan fingerprint density at radius 2 is 2.44 bits per heavy atom. The summed E-state index contributed by atoms with van der Waals surface area (Å²) in [4.78, 5) is 21.3. The Kier molecular flexibility index (Phi) is 2.87. The van der Waals surface area contributed by atoms with Crippen molar-refractivity contribution >= 4 is 20.4 Å². The summed E-state index contributed by atoms with van der Waals surface area (Å²) in [7, 11) is 1.54. The second-order valence-electron chi connectivity index (χ2n) is 3.46. The molecule has 0 amide bonds. The van der Waals surface area contributed by atoms with Crippen LogP contribution >= 0.6 is 8.73 Å². The minimum Gasteiger partial charge on any atom is -0.464 e. The number of nitrogens with zero attached hydrogens (tertiary/aromatic N) is 3. The molecule has 8 heteroatoms. The van der Waals surface area contributed by atoms with Crippen LogP contribution in [0.5, 0.6) is 0 Å². The van der Waals surface area contributed by atoms with Gasteiger partial charge in [0.1, 0.15) is 6.20 Å². The van der Waals surface area contributed by atoms with Crippen LogP contribution in [0.3, 0.4) is 0 Å². The van der Waals surface area contributed by atoms with E-state index in [1.54, 1.807) is 0 Å². The maximum atomic E-state index is 11.3. The van der Waals surface area contributed by atoms with Crippen LogP contribution in [0.15, 0.2) is 6.20 Å². The minimum atomic E-state index is -0.772. The minimum absolute atomic E-state index is 0.222. The molecule has 0 radical (unpaired) electrons. The highest BCUT2D eigenvalue weighted by molar-refractivity contribution is 7.37. The number of rotatable bonds is 4. The molecule has 1 fully saturated rings. The van der Waals surface area contributed by atoms with E-state index in [1.807, 2.05) is 0 Å². The monoisotopic (exact) mass is 243 g/mol. The third-order valence-electron chi connectivity index (χ3n) is 2.16. The van der Waals surface area contributed by atoms with Crippen LogP contribution in [0.25, 0.3) is 0 Å². The van der Waals surface area contributed by atoms with Gasteiger partial charge in [0, 0.05) is 8.73 Å². The molecule has 1 atom stereocenters. The SMILES string of the molecule is COC(=O)c1nn(PC2CC2)cc1[N+](=O)[O-]. The number of nitro groups is 1. The molecule has 7 nitrogen and oxygen atoms in total. The summed E-state index contributed by atoms with van der Waals surface area (Å²) in [5.41, 5.74) is 0.0469. The van der Waals surface area contributed by atoms with Crippen LogP contribution in [-0.4, -0.2) is 33.2 Å². The van der Waals surface area contributed by atoms with Gasteiger partial charge in [-0.1, -0.05) is 0 Å². The second-order valence-corrected chi connectivity index (χ2v) is 4.99. The van der Waals surface area contributed by atoms with Gasteiger partial charge in [-0.3, -0.25) is 10.1 Å². The molecule has 0 N–H and O–H groups in total. The molecule has 1 saturated carbocycles. The lowest BCUT2D eigenvalue weighted by Crippen LogP contribution is -2.05. The first-order valence-corrected chi connectivity index (χ1v) is 5.73. The molecule has 1 aromatic heterocycles. The number of hydrogen-bond donors (Lipinski definition) is 0. The molecule has 0 aromatic carbocycles. The third kappa shape index (κ3) is 2.19. The summed E-state index contributed by atoms with van der Waals surface area (Å²) in [6, 6.07) is 0. The number of ether oxygens (including phenoxy) is 1. The maximum Gasteiger partial charge on any atom is 0.365 e. The van der Waals surface area contributed by atoms with Crippen LogP contribution in [0, 0.1) is 10.1 Å². The van der Waals surface area contributed by atoms with Crippen molar-refractivity contribution in [1.82, 2.24) is 9.55 Å². The fourth-order valence-corrected chi connectivity index (χ4v) is 2.36. The topological polar surface area (TPSA) is 87.3 Å². The summed E-state index contributed by atoms with van der Waals surface area (Å²) in [5.74, 6) is -0.772. The predicted molar refractivity (Wildman–Crippen MR) is 57.0 cm³/mol. The van der Waals surface area contributed by atoms with Gasteiger partial charge in [0.05, 0.1) is 12.0 Å². The number of carbonyl (C=O) groups excluding carboxylic acids is 1. The van der Waals surface area contributed by atoms with Crippen molar-refractivity contribution in [3.8, 4) is 0 Å². The van der Waals surface area contributed by atoms with E-state index in [1.165, 1.54) is 17.8 Å². The smallest absolute Gasteiger partial charge is 0.365 e. The van der Waals surface area contributed by atoms with Gasteiger partial charge in [-0.25, -0.2) is 9.25 Å². The molecule has 0 saturated heterocycles. The Morgan fingerprint density at radius 3 is 2.94 bits per heavy atom. The Balaban J connectivity index is 2.28. The van der Waals surface area contributed by atoms with Crippen molar-refractivity contribution < 1.29 is 14.5 Å². The predicted octanol–water partition coefficient (Wildman–Crippen LogP) is 1.18. The zero-order chi connectivity index (χ0) is 11.7. The summed E-state index contributed by atoms with van der Waals surface area (Å²) in [6.45, 7) is 0. The Labute approximate surface area is 92.8 Å². The van der Waals surface area contributed by atoms with Gasteiger partial charge < -0.3 is 4.74 Å². The molecule has 0 spiro atoms. The highest BCUT2D eigenvalue weighted by atomic mass is 31.1. The average molecular weight is 243 g/mol. The summed E-state index contributed by atoms with van der Waals surface area (Å²) in [5, 5.41) is 14.6. The van der Waals surface area contributed by atoms with Gasteiger partial charge in [0.25, 0.3) is 0 Å². The molecule has 2 rings (SSSR count). The fraction of sp³-hybridized carbons (Fsp3) is 0.500. The van der Waals surface area contributed by atoms with Crippen LogP contribution in [0.1, 0.15) is 23.3 Å². The van der Waals surface area contributed by atoms with Crippen molar-refractivity contribution in [3.63, 3.8) is 0 Å². The highest BCUT2D eigenvalue weighted by Gasteiger charge is 2.29. The highest BCUT2D eigenvalue weighted by Crippen LogP contribution is 2.40. The third-order valence-corrected chi connectivity index (χ3v) is 3.60. The van der Waals surface area contributed by atoms with Crippen LogP contribution in [0.4, 0.5) is 5.69 Å². The van der Waals surface area contributed by atoms with E-state index in [9.17, 15) is 14.9 Å². The molecule has 1 aliphatic rings. The summed E-state index contributed by atoms with van der Waals surface area (Å²) in [6.07, 6.45) is 3.54. The molecule has 1 aromatic rings. The van der Waals surface area contributed by atoms with E-state index in [0.29, 0.717) is 14.4 Å². The number of hydrogen-bond acceptors (Lipinski definition) is 5. The van der Waals surface area contributed by atoms with E-state index < -0.39 is 10.9 Å². The Morgan fingerprint density at radius 1 is 1.75 bits per heavy atom. The van der Waals surface area contributed by atoms with Crippen molar-refractivity contribution in [2.45, 2.75) is 18.5 Å². The summed E-state index contributed by atoms with van der Waals surface area (Å²) >= 11 is 0. The van der Waals surface area contributed by atoms with Gasteiger partial charge in [0.15, 0.2) is 0 Å². The van der Waals surface area contributed by atoms with Crippen LogP contribution in [0.2, 0.25) is 0 Å². The maximum absolute atomic E-state index is 11.3. The van der Waals surface area contributed by atoms with Crippen molar-refractivity contribution in [2.24, 2.45) is 0 Å². The van der Waals surface area contributed by atoms with Crippen molar-refractivity contribution in [3.05, 3.63) is 22.0 Å². The molecular weight excluding hydrogens is 233 g/mol. The Hall–Kier alpha value is -1.49. The lowest BCUT2D eigenvalue weighted by atomic mass is 10.4. The van der Waals surface area contributed by atoms with Gasteiger partial charge in [0.2, 0.25) is 5.69 Å².